The van der Waals surface area contributed by atoms with Crippen molar-refractivity contribution in [2.75, 3.05) is 0 Å². The van der Waals surface area contributed by atoms with Crippen LogP contribution in [0.15, 0.2) is 48.8 Å². The van der Waals surface area contributed by atoms with E-state index >= 15 is 0 Å². The van der Waals surface area contributed by atoms with E-state index in [9.17, 15) is 0 Å². The first kappa shape index (κ1) is 14.5. The minimum absolute atomic E-state index is 0.211. The van der Waals surface area contributed by atoms with Gasteiger partial charge in [-0.15, -0.1) is 0 Å². The summed E-state index contributed by atoms with van der Waals surface area (Å²) in [5, 5.41) is 3.51. The first-order valence-corrected chi connectivity index (χ1v) is 7.04. The van der Waals surface area contributed by atoms with Gasteiger partial charge in [0.15, 0.2) is 0 Å². The Bertz CT molecular complexity index is 508. The van der Waals surface area contributed by atoms with E-state index in [4.69, 9.17) is 4.74 Å². The average Bonchev–Trinajstić information content (AvgIpc) is 2.46. The van der Waals surface area contributed by atoms with E-state index in [1.54, 1.807) is 0 Å². The summed E-state index contributed by atoms with van der Waals surface area (Å²) in [4.78, 5) is 4.02. The quantitative estimate of drug-likeness (QED) is 0.868. The lowest BCUT2D eigenvalue weighted by molar-refractivity contribution is 0.242. The fourth-order valence-corrected chi connectivity index (χ4v) is 2.00. The monoisotopic (exact) mass is 270 g/mol. The van der Waals surface area contributed by atoms with Crippen LogP contribution < -0.4 is 10.1 Å². The molecule has 1 atom stereocenters. The molecule has 3 nitrogen and oxygen atoms in total. The fraction of sp³-hybridized carbons (Fsp3) is 0.353. The van der Waals surface area contributed by atoms with Gasteiger partial charge >= 0.3 is 0 Å². The Labute approximate surface area is 121 Å². The van der Waals surface area contributed by atoms with E-state index in [2.05, 4.69) is 29.4 Å². The molecule has 0 amide bonds. The second-order valence-corrected chi connectivity index (χ2v) is 5.19. The van der Waals surface area contributed by atoms with Crippen molar-refractivity contribution in [1.82, 2.24) is 10.3 Å². The van der Waals surface area contributed by atoms with Crippen molar-refractivity contribution in [2.24, 2.45) is 0 Å². The first-order valence-electron chi connectivity index (χ1n) is 7.04. The molecule has 3 heteroatoms. The Morgan fingerprint density at radius 2 is 1.65 bits per heavy atom. The topological polar surface area (TPSA) is 34.1 Å². The average molecular weight is 270 g/mol. The zero-order valence-electron chi connectivity index (χ0n) is 12.3. The highest BCUT2D eigenvalue weighted by Crippen LogP contribution is 2.18. The highest BCUT2D eigenvalue weighted by atomic mass is 16.5. The molecule has 1 aromatic carbocycles. The van der Waals surface area contributed by atoms with Crippen molar-refractivity contribution >= 4 is 0 Å². The summed E-state index contributed by atoms with van der Waals surface area (Å²) in [7, 11) is 0. The summed E-state index contributed by atoms with van der Waals surface area (Å²) in [5.41, 5.74) is 2.50. The molecule has 1 aromatic heterocycles. The van der Waals surface area contributed by atoms with Crippen LogP contribution in [-0.4, -0.2) is 11.1 Å². The third kappa shape index (κ3) is 4.35. The van der Waals surface area contributed by atoms with Crippen LogP contribution in [0.5, 0.6) is 5.75 Å². The molecule has 0 aliphatic carbocycles. The molecule has 2 aromatic rings. The number of pyridine rings is 1. The number of rotatable bonds is 6. The summed E-state index contributed by atoms with van der Waals surface area (Å²) in [6, 6.07) is 12.6. The van der Waals surface area contributed by atoms with Crippen molar-refractivity contribution in [1.29, 1.82) is 0 Å². The highest BCUT2D eigenvalue weighted by molar-refractivity contribution is 5.29. The predicted molar refractivity (Wildman–Crippen MR) is 81.7 cm³/mol. The summed E-state index contributed by atoms with van der Waals surface area (Å²) in [5.74, 6) is 0.921. The van der Waals surface area contributed by atoms with Gasteiger partial charge in [0, 0.05) is 25.0 Å². The molecule has 0 aliphatic heterocycles. The number of nitrogens with one attached hydrogen (secondary N) is 1. The van der Waals surface area contributed by atoms with Gasteiger partial charge in [0.1, 0.15) is 5.75 Å². The molecular weight excluding hydrogens is 248 g/mol. The van der Waals surface area contributed by atoms with Crippen LogP contribution >= 0.6 is 0 Å². The van der Waals surface area contributed by atoms with Gasteiger partial charge in [-0.2, -0.15) is 0 Å². The fourth-order valence-electron chi connectivity index (χ4n) is 2.00. The predicted octanol–water partition coefficient (Wildman–Crippen LogP) is 3.72. The zero-order valence-corrected chi connectivity index (χ0v) is 12.3. The van der Waals surface area contributed by atoms with E-state index in [-0.39, 0.29) is 6.10 Å². The zero-order chi connectivity index (χ0) is 14.4. The molecule has 0 aliphatic rings. The SMILES string of the molecule is CC(C)Oc1ccc(C(C)NCc2ccncc2)cc1. The molecule has 0 saturated carbocycles. The molecule has 0 spiro atoms. The summed E-state index contributed by atoms with van der Waals surface area (Å²) in [6.45, 7) is 7.08. The molecule has 0 fully saturated rings. The van der Waals surface area contributed by atoms with E-state index < -0.39 is 0 Å². The standard InChI is InChI=1S/C17H22N2O/c1-13(2)20-17-6-4-16(5-7-17)14(3)19-12-15-8-10-18-11-9-15/h4-11,13-14,19H,12H2,1-3H3. The largest absolute Gasteiger partial charge is 0.491 e. The summed E-state index contributed by atoms with van der Waals surface area (Å²) < 4.78 is 5.65. The maximum atomic E-state index is 5.65. The Morgan fingerprint density at radius 3 is 2.25 bits per heavy atom. The van der Waals surface area contributed by atoms with Crippen LogP contribution in [0.3, 0.4) is 0 Å². The number of hydrogen-bond acceptors (Lipinski definition) is 3. The van der Waals surface area contributed by atoms with E-state index in [1.165, 1.54) is 11.1 Å². The molecular formula is C17H22N2O. The maximum absolute atomic E-state index is 5.65. The lowest BCUT2D eigenvalue weighted by atomic mass is 10.1. The van der Waals surface area contributed by atoms with Crippen molar-refractivity contribution in [3.05, 3.63) is 59.9 Å². The van der Waals surface area contributed by atoms with Crippen LogP contribution in [0.25, 0.3) is 0 Å². The van der Waals surface area contributed by atoms with Crippen LogP contribution in [0.4, 0.5) is 0 Å². The third-order valence-electron chi connectivity index (χ3n) is 3.11. The Hall–Kier alpha value is -1.87. The van der Waals surface area contributed by atoms with E-state index in [0.717, 1.165) is 12.3 Å². The van der Waals surface area contributed by atoms with E-state index in [0.29, 0.717) is 6.04 Å². The summed E-state index contributed by atoms with van der Waals surface area (Å²) >= 11 is 0. The van der Waals surface area contributed by atoms with Gasteiger partial charge < -0.3 is 10.1 Å². The second-order valence-electron chi connectivity index (χ2n) is 5.19. The number of benzene rings is 1. The molecule has 1 unspecified atom stereocenters. The number of nitrogens with zero attached hydrogens (tertiary/aromatic N) is 1. The van der Waals surface area contributed by atoms with Crippen LogP contribution in [-0.2, 0) is 6.54 Å². The molecule has 1 heterocycles. The molecule has 2 rings (SSSR count). The van der Waals surface area contributed by atoms with Gasteiger partial charge in [0.2, 0.25) is 0 Å². The van der Waals surface area contributed by atoms with Gasteiger partial charge in [-0.25, -0.2) is 0 Å². The number of ether oxygens (including phenoxy) is 1. The van der Waals surface area contributed by atoms with Gasteiger partial charge in [-0.3, -0.25) is 4.98 Å². The molecule has 0 bridgehead atoms. The van der Waals surface area contributed by atoms with Crippen LogP contribution in [0.2, 0.25) is 0 Å². The van der Waals surface area contributed by atoms with E-state index in [1.807, 2.05) is 50.5 Å². The van der Waals surface area contributed by atoms with Crippen LogP contribution in [0, 0.1) is 0 Å². The third-order valence-corrected chi connectivity index (χ3v) is 3.11. The van der Waals surface area contributed by atoms with Crippen molar-refractivity contribution in [3.63, 3.8) is 0 Å². The number of aromatic nitrogens is 1. The Balaban J connectivity index is 1.90. The first-order chi connectivity index (χ1) is 9.65. The van der Waals surface area contributed by atoms with Gasteiger partial charge in [-0.1, -0.05) is 12.1 Å². The van der Waals surface area contributed by atoms with Gasteiger partial charge in [0.25, 0.3) is 0 Å². The molecule has 106 valence electrons. The Kier molecular flexibility index (Phi) is 5.13. The maximum Gasteiger partial charge on any atom is 0.119 e. The molecule has 20 heavy (non-hydrogen) atoms. The lowest BCUT2D eigenvalue weighted by Crippen LogP contribution is -2.18. The molecule has 0 saturated heterocycles. The molecule has 0 radical (unpaired) electrons. The minimum atomic E-state index is 0.211. The van der Waals surface area contributed by atoms with Crippen molar-refractivity contribution < 1.29 is 4.74 Å². The lowest BCUT2D eigenvalue weighted by Gasteiger charge is -2.15. The Morgan fingerprint density at radius 1 is 1.00 bits per heavy atom. The second kappa shape index (κ2) is 7.06. The highest BCUT2D eigenvalue weighted by Gasteiger charge is 2.05. The normalized spacial score (nSPS) is 12.4. The van der Waals surface area contributed by atoms with Crippen molar-refractivity contribution in [2.45, 2.75) is 39.5 Å². The number of hydrogen-bond donors (Lipinski definition) is 1. The van der Waals surface area contributed by atoms with Crippen molar-refractivity contribution in [3.8, 4) is 5.75 Å². The summed E-state index contributed by atoms with van der Waals surface area (Å²) in [6.07, 6.45) is 3.85. The molecule has 1 N–H and O–H groups in total. The van der Waals surface area contributed by atoms with Crippen LogP contribution in [0.1, 0.15) is 37.9 Å². The van der Waals surface area contributed by atoms with Gasteiger partial charge in [0.05, 0.1) is 6.10 Å². The minimum Gasteiger partial charge on any atom is -0.491 e. The van der Waals surface area contributed by atoms with Gasteiger partial charge in [-0.05, 0) is 56.2 Å². The smallest absolute Gasteiger partial charge is 0.119 e.